The molecule has 2 atom stereocenters. The van der Waals surface area contributed by atoms with Crippen molar-refractivity contribution >= 4 is 5.91 Å². The molecule has 0 aromatic heterocycles. The Bertz CT molecular complexity index is 473. The molecule has 1 aliphatic rings. The zero-order valence-electron chi connectivity index (χ0n) is 11.6. The van der Waals surface area contributed by atoms with Crippen LogP contribution in [0, 0.1) is 18.8 Å². The number of likely N-dealkylation sites (tertiary alicyclic amines) is 1. The zero-order chi connectivity index (χ0) is 14.0. The highest BCUT2D eigenvalue weighted by Crippen LogP contribution is 2.26. The van der Waals surface area contributed by atoms with Crippen molar-refractivity contribution in [3.63, 3.8) is 0 Å². The maximum absolute atomic E-state index is 12.5. The number of hydrogen-bond acceptors (Lipinski definition) is 3. The van der Waals surface area contributed by atoms with E-state index in [9.17, 15) is 9.90 Å². The smallest absolute Gasteiger partial charge is 0.254 e. The Balaban J connectivity index is 2.18. The molecule has 104 valence electrons. The molecule has 0 spiro atoms. The molecule has 1 aromatic carbocycles. The van der Waals surface area contributed by atoms with Crippen LogP contribution in [0.5, 0.6) is 5.75 Å². The van der Waals surface area contributed by atoms with Gasteiger partial charge in [0.25, 0.3) is 5.91 Å². The van der Waals surface area contributed by atoms with E-state index in [1.165, 1.54) is 0 Å². The lowest BCUT2D eigenvalue weighted by molar-refractivity contribution is 0.0617. The van der Waals surface area contributed by atoms with Crippen molar-refractivity contribution < 1.29 is 9.90 Å². The monoisotopic (exact) mass is 262 g/mol. The SMILES string of the molecule is Cc1c(O)cccc1C(=O)N1CCC(C)C(CN)C1. The van der Waals surface area contributed by atoms with Gasteiger partial charge in [-0.15, -0.1) is 0 Å². The van der Waals surface area contributed by atoms with Crippen LogP contribution in [-0.4, -0.2) is 35.5 Å². The van der Waals surface area contributed by atoms with Gasteiger partial charge in [-0.2, -0.15) is 0 Å². The van der Waals surface area contributed by atoms with Crippen molar-refractivity contribution in [3.05, 3.63) is 29.3 Å². The number of piperidine rings is 1. The van der Waals surface area contributed by atoms with Crippen molar-refractivity contribution in [1.29, 1.82) is 0 Å². The largest absolute Gasteiger partial charge is 0.508 e. The van der Waals surface area contributed by atoms with Crippen LogP contribution in [0.2, 0.25) is 0 Å². The summed E-state index contributed by atoms with van der Waals surface area (Å²) in [5, 5.41) is 9.70. The standard InChI is InChI=1S/C15H22N2O2/c1-10-6-7-17(9-12(10)8-16)15(19)13-4-3-5-14(18)11(13)2/h3-5,10,12,18H,6-9,16H2,1-2H3. The van der Waals surface area contributed by atoms with Gasteiger partial charge in [0.2, 0.25) is 0 Å². The lowest BCUT2D eigenvalue weighted by Crippen LogP contribution is -2.45. The van der Waals surface area contributed by atoms with Gasteiger partial charge in [-0.1, -0.05) is 13.0 Å². The van der Waals surface area contributed by atoms with Gasteiger partial charge in [-0.05, 0) is 43.9 Å². The van der Waals surface area contributed by atoms with Gasteiger partial charge in [0.1, 0.15) is 5.75 Å². The van der Waals surface area contributed by atoms with Crippen molar-refractivity contribution in [2.24, 2.45) is 17.6 Å². The summed E-state index contributed by atoms with van der Waals surface area (Å²) in [5.74, 6) is 1.11. The molecule has 19 heavy (non-hydrogen) atoms. The molecule has 1 aromatic rings. The molecule has 4 heteroatoms. The molecule has 0 bridgehead atoms. The normalized spacial score (nSPS) is 23.4. The minimum atomic E-state index is -0.00116. The molecule has 1 heterocycles. The highest BCUT2D eigenvalue weighted by atomic mass is 16.3. The fourth-order valence-electron chi connectivity index (χ4n) is 2.67. The number of carbonyl (C=O) groups excluding carboxylic acids is 1. The Morgan fingerprint density at radius 1 is 1.53 bits per heavy atom. The van der Waals surface area contributed by atoms with Gasteiger partial charge in [0.15, 0.2) is 0 Å². The van der Waals surface area contributed by atoms with Crippen LogP contribution in [0.3, 0.4) is 0 Å². The topological polar surface area (TPSA) is 66.6 Å². The first kappa shape index (κ1) is 13.9. The molecule has 4 nitrogen and oxygen atoms in total. The number of nitrogens with zero attached hydrogens (tertiary/aromatic N) is 1. The summed E-state index contributed by atoms with van der Waals surface area (Å²) in [6.07, 6.45) is 0.992. The predicted molar refractivity (Wildman–Crippen MR) is 75.1 cm³/mol. The molecule has 0 radical (unpaired) electrons. The van der Waals surface area contributed by atoms with E-state index in [0.717, 1.165) is 13.0 Å². The Hall–Kier alpha value is -1.55. The van der Waals surface area contributed by atoms with E-state index < -0.39 is 0 Å². The van der Waals surface area contributed by atoms with Crippen LogP contribution >= 0.6 is 0 Å². The summed E-state index contributed by atoms with van der Waals surface area (Å²) in [7, 11) is 0. The number of aromatic hydroxyl groups is 1. The lowest BCUT2D eigenvalue weighted by atomic mass is 9.87. The highest BCUT2D eigenvalue weighted by molar-refractivity contribution is 5.96. The number of benzene rings is 1. The maximum Gasteiger partial charge on any atom is 0.254 e. The Kier molecular flexibility index (Phi) is 4.10. The lowest BCUT2D eigenvalue weighted by Gasteiger charge is -2.36. The molecule has 0 saturated carbocycles. The maximum atomic E-state index is 12.5. The Morgan fingerprint density at radius 2 is 2.26 bits per heavy atom. The number of phenols is 1. The van der Waals surface area contributed by atoms with E-state index >= 15 is 0 Å². The highest BCUT2D eigenvalue weighted by Gasteiger charge is 2.29. The molecule has 2 rings (SSSR count). The third-order valence-corrected chi connectivity index (χ3v) is 4.24. The second kappa shape index (κ2) is 5.61. The zero-order valence-corrected chi connectivity index (χ0v) is 11.6. The van der Waals surface area contributed by atoms with Gasteiger partial charge in [-0.25, -0.2) is 0 Å². The van der Waals surface area contributed by atoms with Crippen LogP contribution in [0.4, 0.5) is 0 Å². The van der Waals surface area contributed by atoms with Crippen LogP contribution in [0.25, 0.3) is 0 Å². The second-order valence-electron chi connectivity index (χ2n) is 5.46. The van der Waals surface area contributed by atoms with Crippen molar-refractivity contribution in [1.82, 2.24) is 4.90 Å². The Morgan fingerprint density at radius 3 is 2.95 bits per heavy atom. The number of nitrogens with two attached hydrogens (primary N) is 1. The number of amides is 1. The molecular weight excluding hydrogens is 240 g/mol. The molecule has 1 amide bonds. The summed E-state index contributed by atoms with van der Waals surface area (Å²) in [6.45, 7) is 6.07. The van der Waals surface area contributed by atoms with Crippen molar-refractivity contribution in [3.8, 4) is 5.75 Å². The molecule has 1 saturated heterocycles. The van der Waals surface area contributed by atoms with E-state index in [2.05, 4.69) is 6.92 Å². The van der Waals surface area contributed by atoms with Gasteiger partial charge in [0, 0.05) is 24.2 Å². The third kappa shape index (κ3) is 2.73. The first-order chi connectivity index (χ1) is 9.04. The number of phenolic OH excluding ortho intramolecular Hbond substituents is 1. The van der Waals surface area contributed by atoms with Gasteiger partial charge >= 0.3 is 0 Å². The second-order valence-corrected chi connectivity index (χ2v) is 5.46. The summed E-state index contributed by atoms with van der Waals surface area (Å²) < 4.78 is 0. The molecule has 2 unspecified atom stereocenters. The van der Waals surface area contributed by atoms with Crippen molar-refractivity contribution in [2.75, 3.05) is 19.6 Å². The van der Waals surface area contributed by atoms with Crippen LogP contribution in [0.15, 0.2) is 18.2 Å². The van der Waals surface area contributed by atoms with E-state index in [1.807, 2.05) is 4.90 Å². The van der Waals surface area contributed by atoms with Gasteiger partial charge < -0.3 is 15.7 Å². The predicted octanol–water partition coefficient (Wildman–Crippen LogP) is 1.76. The fourth-order valence-corrected chi connectivity index (χ4v) is 2.67. The minimum absolute atomic E-state index is 0.00116. The number of hydrogen-bond donors (Lipinski definition) is 2. The summed E-state index contributed by atoms with van der Waals surface area (Å²) in [5.41, 5.74) is 7.01. The summed E-state index contributed by atoms with van der Waals surface area (Å²) in [6, 6.07) is 5.09. The van der Waals surface area contributed by atoms with Gasteiger partial charge in [-0.3, -0.25) is 4.79 Å². The summed E-state index contributed by atoms with van der Waals surface area (Å²) >= 11 is 0. The first-order valence-corrected chi connectivity index (χ1v) is 6.82. The Labute approximate surface area is 114 Å². The third-order valence-electron chi connectivity index (χ3n) is 4.24. The summed E-state index contributed by atoms with van der Waals surface area (Å²) in [4.78, 5) is 14.4. The first-order valence-electron chi connectivity index (χ1n) is 6.82. The number of carbonyl (C=O) groups is 1. The molecule has 1 aliphatic heterocycles. The fraction of sp³-hybridized carbons (Fsp3) is 0.533. The average molecular weight is 262 g/mol. The van der Waals surface area contributed by atoms with E-state index in [0.29, 0.717) is 36.1 Å². The van der Waals surface area contributed by atoms with Crippen LogP contribution < -0.4 is 5.73 Å². The molecular formula is C15H22N2O2. The number of rotatable bonds is 2. The molecule has 0 aliphatic carbocycles. The van der Waals surface area contributed by atoms with Crippen molar-refractivity contribution in [2.45, 2.75) is 20.3 Å². The minimum Gasteiger partial charge on any atom is -0.508 e. The van der Waals surface area contributed by atoms with Crippen LogP contribution in [-0.2, 0) is 0 Å². The van der Waals surface area contributed by atoms with E-state index in [4.69, 9.17) is 5.73 Å². The average Bonchev–Trinajstić information content (AvgIpc) is 2.41. The van der Waals surface area contributed by atoms with E-state index in [1.54, 1.807) is 25.1 Å². The van der Waals surface area contributed by atoms with Crippen LogP contribution in [0.1, 0.15) is 29.3 Å². The van der Waals surface area contributed by atoms with Gasteiger partial charge in [0.05, 0.1) is 0 Å². The molecule has 1 fully saturated rings. The molecule has 3 N–H and O–H groups in total. The van der Waals surface area contributed by atoms with E-state index in [-0.39, 0.29) is 11.7 Å². The quantitative estimate of drug-likeness (QED) is 0.853.